The van der Waals surface area contributed by atoms with Crippen molar-refractivity contribution < 1.29 is 19.0 Å². The number of piperazine rings is 1. The number of benzene rings is 1. The fraction of sp³-hybridized carbons (Fsp3) is 0.480. The van der Waals surface area contributed by atoms with Crippen molar-refractivity contribution in [1.29, 1.82) is 0 Å². The van der Waals surface area contributed by atoms with Crippen molar-refractivity contribution in [2.45, 2.75) is 26.4 Å². The molecule has 0 atom stereocenters. The van der Waals surface area contributed by atoms with Gasteiger partial charge in [0.25, 0.3) is 0 Å². The molecule has 1 fully saturated rings. The highest BCUT2D eigenvalue weighted by atomic mass is 35.5. The molecule has 200 valence electrons. The van der Waals surface area contributed by atoms with Crippen molar-refractivity contribution in [3.05, 3.63) is 29.5 Å². The number of aromatic nitrogens is 3. The largest absolute Gasteiger partial charge is 0.496 e. The number of hydrogen-bond donors (Lipinski definition) is 2. The van der Waals surface area contributed by atoms with E-state index < -0.39 is 5.60 Å². The molecule has 1 aromatic carbocycles. The van der Waals surface area contributed by atoms with Crippen LogP contribution < -0.4 is 25.4 Å². The first-order valence-electron chi connectivity index (χ1n) is 12.1. The van der Waals surface area contributed by atoms with Gasteiger partial charge in [0.1, 0.15) is 17.1 Å². The molecule has 3 aromatic rings. The summed E-state index contributed by atoms with van der Waals surface area (Å²) in [5.41, 5.74) is 7.44. The van der Waals surface area contributed by atoms with E-state index in [2.05, 4.69) is 10.2 Å². The minimum absolute atomic E-state index is 0.304. The van der Waals surface area contributed by atoms with E-state index in [0.29, 0.717) is 67.3 Å². The van der Waals surface area contributed by atoms with Gasteiger partial charge < -0.3 is 35.1 Å². The van der Waals surface area contributed by atoms with Crippen LogP contribution >= 0.6 is 11.6 Å². The molecule has 1 aliphatic heterocycles. The maximum Gasteiger partial charge on any atom is 0.410 e. The van der Waals surface area contributed by atoms with E-state index in [-0.39, 0.29) is 6.09 Å². The van der Waals surface area contributed by atoms with E-state index >= 15 is 0 Å². The molecule has 0 spiro atoms. The SMILES string of the molecule is COc1cc(OC)c(-c2cn3cc(NCCN)c(N4CCN(C(=O)OC(C)(C)C)CC4)nc3n2)cc1Cl. The number of fused-ring (bicyclic) bond motifs is 1. The van der Waals surface area contributed by atoms with Gasteiger partial charge in [0.05, 0.1) is 30.6 Å². The summed E-state index contributed by atoms with van der Waals surface area (Å²) in [5, 5.41) is 3.82. The second-order valence-corrected chi connectivity index (χ2v) is 10.1. The summed E-state index contributed by atoms with van der Waals surface area (Å²) in [5.74, 6) is 2.38. The Kier molecular flexibility index (Phi) is 7.84. The molecule has 1 saturated heterocycles. The zero-order valence-corrected chi connectivity index (χ0v) is 22.6. The van der Waals surface area contributed by atoms with Crippen molar-refractivity contribution >= 4 is 35.0 Å². The molecule has 0 bridgehead atoms. The van der Waals surface area contributed by atoms with E-state index in [0.717, 1.165) is 17.1 Å². The number of nitrogens with one attached hydrogen (secondary N) is 1. The number of methoxy groups -OCH3 is 2. The third kappa shape index (κ3) is 5.94. The average Bonchev–Trinajstić information content (AvgIpc) is 3.28. The Labute approximate surface area is 221 Å². The molecule has 12 heteroatoms. The van der Waals surface area contributed by atoms with Crippen molar-refractivity contribution in [3.8, 4) is 22.8 Å². The maximum absolute atomic E-state index is 12.5. The minimum Gasteiger partial charge on any atom is -0.496 e. The summed E-state index contributed by atoms with van der Waals surface area (Å²) in [6.07, 6.45) is 3.52. The number of amides is 1. The quantitative estimate of drug-likeness (QED) is 0.472. The topological polar surface area (TPSA) is 119 Å². The van der Waals surface area contributed by atoms with Crippen molar-refractivity contribution in [2.75, 3.05) is 63.7 Å². The number of hydrogen-bond acceptors (Lipinski definition) is 9. The molecule has 0 radical (unpaired) electrons. The van der Waals surface area contributed by atoms with Gasteiger partial charge in [-0.2, -0.15) is 4.98 Å². The lowest BCUT2D eigenvalue weighted by Gasteiger charge is -2.36. The monoisotopic (exact) mass is 531 g/mol. The molecule has 2 aromatic heterocycles. The van der Waals surface area contributed by atoms with Crippen LogP contribution in [-0.2, 0) is 4.74 Å². The molecule has 3 N–H and O–H groups in total. The lowest BCUT2D eigenvalue weighted by molar-refractivity contribution is 0.0240. The summed E-state index contributed by atoms with van der Waals surface area (Å²) in [6, 6.07) is 3.50. The Hall–Kier alpha value is -3.44. The smallest absolute Gasteiger partial charge is 0.410 e. The average molecular weight is 532 g/mol. The van der Waals surface area contributed by atoms with Gasteiger partial charge in [0.15, 0.2) is 5.82 Å². The highest BCUT2D eigenvalue weighted by Gasteiger charge is 2.28. The molecule has 37 heavy (non-hydrogen) atoms. The standard InChI is InChI=1S/C25H34ClN7O4/c1-25(2,3)37-24(34)32-10-8-31(9-11-32)22-19(28-7-6-27)15-33-14-18(29-23(33)30-22)16-12-17(26)21(36-5)13-20(16)35-4/h12-15,28H,6-11,27H2,1-5H3. The first-order chi connectivity index (χ1) is 17.6. The Morgan fingerprint density at radius 2 is 1.78 bits per heavy atom. The molecular formula is C25H34ClN7O4. The Morgan fingerprint density at radius 1 is 1.08 bits per heavy atom. The van der Waals surface area contributed by atoms with Crippen LogP contribution in [-0.4, -0.2) is 84.5 Å². The van der Waals surface area contributed by atoms with Crippen molar-refractivity contribution in [3.63, 3.8) is 0 Å². The van der Waals surface area contributed by atoms with Gasteiger partial charge in [-0.3, -0.25) is 4.40 Å². The van der Waals surface area contributed by atoms with Crippen LogP contribution in [0, 0.1) is 0 Å². The molecule has 11 nitrogen and oxygen atoms in total. The number of carbonyl (C=O) groups excluding carboxylic acids is 1. The Balaban J connectivity index is 1.64. The second kappa shape index (κ2) is 10.9. The first-order valence-corrected chi connectivity index (χ1v) is 12.5. The normalized spacial score (nSPS) is 14.1. The lowest BCUT2D eigenvalue weighted by atomic mass is 10.1. The fourth-order valence-corrected chi connectivity index (χ4v) is 4.34. The van der Waals surface area contributed by atoms with Gasteiger partial charge >= 0.3 is 6.09 Å². The van der Waals surface area contributed by atoms with Crippen LogP contribution in [0.1, 0.15) is 20.8 Å². The summed E-state index contributed by atoms with van der Waals surface area (Å²) in [7, 11) is 3.14. The number of imidazole rings is 1. The fourth-order valence-electron chi connectivity index (χ4n) is 4.10. The minimum atomic E-state index is -0.532. The molecule has 3 heterocycles. The highest BCUT2D eigenvalue weighted by Crippen LogP contribution is 2.38. The molecular weight excluding hydrogens is 498 g/mol. The van der Waals surface area contributed by atoms with Gasteiger partial charge in [-0.05, 0) is 26.8 Å². The van der Waals surface area contributed by atoms with Crippen LogP contribution in [0.3, 0.4) is 0 Å². The van der Waals surface area contributed by atoms with Gasteiger partial charge in [-0.1, -0.05) is 11.6 Å². The van der Waals surface area contributed by atoms with E-state index in [1.165, 1.54) is 0 Å². The third-order valence-electron chi connectivity index (χ3n) is 5.87. The second-order valence-electron chi connectivity index (χ2n) is 9.67. The number of halogens is 1. The molecule has 4 rings (SSSR count). The van der Waals surface area contributed by atoms with E-state index in [1.54, 1.807) is 31.3 Å². The summed E-state index contributed by atoms with van der Waals surface area (Å²) in [4.78, 5) is 26.0. The predicted molar refractivity (Wildman–Crippen MR) is 144 cm³/mol. The van der Waals surface area contributed by atoms with Gasteiger partial charge in [0, 0.05) is 63.3 Å². The number of nitrogens with zero attached hydrogens (tertiary/aromatic N) is 5. The van der Waals surface area contributed by atoms with Gasteiger partial charge in [0.2, 0.25) is 5.78 Å². The number of rotatable bonds is 7. The maximum atomic E-state index is 12.5. The number of nitrogens with two attached hydrogens (primary N) is 1. The number of carbonyl (C=O) groups is 1. The van der Waals surface area contributed by atoms with Crippen LogP contribution in [0.2, 0.25) is 5.02 Å². The molecule has 1 aliphatic rings. The third-order valence-corrected chi connectivity index (χ3v) is 6.16. The van der Waals surface area contributed by atoms with Crippen LogP contribution in [0.5, 0.6) is 11.5 Å². The Morgan fingerprint density at radius 3 is 2.41 bits per heavy atom. The molecule has 0 unspecified atom stereocenters. The van der Waals surface area contributed by atoms with Crippen LogP contribution in [0.25, 0.3) is 17.0 Å². The van der Waals surface area contributed by atoms with Crippen LogP contribution in [0.15, 0.2) is 24.5 Å². The van der Waals surface area contributed by atoms with Gasteiger partial charge in [-0.15, -0.1) is 0 Å². The summed E-state index contributed by atoms with van der Waals surface area (Å²) in [6.45, 7) is 8.92. The van der Waals surface area contributed by atoms with Crippen molar-refractivity contribution in [1.82, 2.24) is 19.3 Å². The van der Waals surface area contributed by atoms with Crippen molar-refractivity contribution in [2.24, 2.45) is 5.73 Å². The van der Waals surface area contributed by atoms with Gasteiger partial charge in [-0.25, -0.2) is 9.78 Å². The molecule has 0 aliphatic carbocycles. The van der Waals surface area contributed by atoms with E-state index in [4.69, 9.17) is 41.5 Å². The zero-order valence-electron chi connectivity index (χ0n) is 21.9. The molecule has 0 saturated carbocycles. The zero-order chi connectivity index (χ0) is 26.7. The lowest BCUT2D eigenvalue weighted by Crippen LogP contribution is -2.50. The molecule has 1 amide bonds. The number of anilines is 2. The van der Waals surface area contributed by atoms with E-state index in [1.807, 2.05) is 37.6 Å². The predicted octanol–water partition coefficient (Wildman–Crippen LogP) is 3.49. The van der Waals surface area contributed by atoms with E-state index in [9.17, 15) is 4.79 Å². The summed E-state index contributed by atoms with van der Waals surface area (Å²) >= 11 is 6.39. The summed E-state index contributed by atoms with van der Waals surface area (Å²) < 4.78 is 18.3. The number of ether oxygens (including phenoxy) is 3. The van der Waals surface area contributed by atoms with Crippen LogP contribution in [0.4, 0.5) is 16.3 Å². The Bertz CT molecular complexity index is 1270. The highest BCUT2D eigenvalue weighted by molar-refractivity contribution is 6.32. The first kappa shape index (κ1) is 26.6.